The first-order valence-corrected chi connectivity index (χ1v) is 8.80. The van der Waals surface area contributed by atoms with Gasteiger partial charge in [-0.15, -0.1) is 0 Å². The molecule has 114 valence electrons. The molecule has 0 aromatic heterocycles. The molecule has 3 heteroatoms. The second-order valence-electron chi connectivity index (χ2n) is 7.21. The number of nitrogens with one attached hydrogen (secondary N) is 1. The predicted octanol–water partition coefficient (Wildman–Crippen LogP) is 3.15. The molecule has 3 rings (SSSR count). The fraction of sp³-hybridized carbons (Fsp3) is 0.941. The summed E-state index contributed by atoms with van der Waals surface area (Å²) in [5.74, 6) is 2.77. The monoisotopic (exact) mass is 278 g/mol. The van der Waals surface area contributed by atoms with Crippen LogP contribution < -0.4 is 5.32 Å². The van der Waals surface area contributed by atoms with E-state index in [1.54, 1.807) is 0 Å². The molecular weight excluding hydrogens is 248 g/mol. The van der Waals surface area contributed by atoms with Crippen molar-refractivity contribution in [3.8, 4) is 0 Å². The lowest BCUT2D eigenvalue weighted by Crippen LogP contribution is -2.45. The molecule has 0 spiro atoms. The van der Waals surface area contributed by atoms with Crippen LogP contribution >= 0.6 is 0 Å². The van der Waals surface area contributed by atoms with Crippen molar-refractivity contribution >= 4 is 5.91 Å². The SMILES string of the molecule is CCC1CCC(CN2C(=O)CNC2C2CCCC2)CC1. The third-order valence-electron chi connectivity index (χ3n) is 5.96. The largest absolute Gasteiger partial charge is 0.325 e. The van der Waals surface area contributed by atoms with Crippen LogP contribution in [-0.4, -0.2) is 30.1 Å². The Balaban J connectivity index is 1.55. The Morgan fingerprint density at radius 2 is 1.70 bits per heavy atom. The highest BCUT2D eigenvalue weighted by atomic mass is 16.2. The molecule has 3 fully saturated rings. The topological polar surface area (TPSA) is 32.3 Å². The van der Waals surface area contributed by atoms with Crippen molar-refractivity contribution in [3.05, 3.63) is 0 Å². The average Bonchev–Trinajstić information content (AvgIpc) is 3.11. The van der Waals surface area contributed by atoms with Gasteiger partial charge in [0, 0.05) is 6.54 Å². The van der Waals surface area contributed by atoms with E-state index >= 15 is 0 Å². The third-order valence-corrected chi connectivity index (χ3v) is 5.96. The Kier molecular flexibility index (Phi) is 4.65. The lowest BCUT2D eigenvalue weighted by molar-refractivity contribution is -0.129. The minimum Gasteiger partial charge on any atom is -0.325 e. The van der Waals surface area contributed by atoms with E-state index in [4.69, 9.17) is 0 Å². The van der Waals surface area contributed by atoms with Crippen LogP contribution in [0.25, 0.3) is 0 Å². The molecule has 0 aromatic carbocycles. The van der Waals surface area contributed by atoms with E-state index in [1.807, 2.05) is 0 Å². The molecule has 1 amide bonds. The maximum absolute atomic E-state index is 12.2. The molecule has 0 aromatic rings. The quantitative estimate of drug-likeness (QED) is 0.857. The van der Waals surface area contributed by atoms with Crippen molar-refractivity contribution in [1.29, 1.82) is 0 Å². The summed E-state index contributed by atoms with van der Waals surface area (Å²) in [6.07, 6.45) is 12.4. The summed E-state index contributed by atoms with van der Waals surface area (Å²) < 4.78 is 0. The zero-order chi connectivity index (χ0) is 13.9. The predicted molar refractivity (Wildman–Crippen MR) is 81.2 cm³/mol. The summed E-state index contributed by atoms with van der Waals surface area (Å²) in [5.41, 5.74) is 0. The summed E-state index contributed by atoms with van der Waals surface area (Å²) in [7, 11) is 0. The smallest absolute Gasteiger partial charge is 0.237 e. The number of amides is 1. The minimum atomic E-state index is 0.347. The van der Waals surface area contributed by atoms with Crippen molar-refractivity contribution in [1.82, 2.24) is 10.2 Å². The first-order chi connectivity index (χ1) is 9.78. The maximum atomic E-state index is 12.2. The Bertz CT molecular complexity index is 330. The van der Waals surface area contributed by atoms with Crippen molar-refractivity contribution < 1.29 is 4.79 Å². The molecule has 1 heterocycles. The highest BCUT2D eigenvalue weighted by molar-refractivity contribution is 5.80. The molecule has 1 saturated heterocycles. The van der Waals surface area contributed by atoms with Gasteiger partial charge in [-0.1, -0.05) is 39.0 Å². The van der Waals surface area contributed by atoms with E-state index < -0.39 is 0 Å². The number of nitrogens with zero attached hydrogens (tertiary/aromatic N) is 1. The van der Waals surface area contributed by atoms with Crippen LogP contribution in [0.3, 0.4) is 0 Å². The first kappa shape index (κ1) is 14.4. The Labute approximate surface area is 123 Å². The van der Waals surface area contributed by atoms with Gasteiger partial charge in [0.2, 0.25) is 5.91 Å². The average molecular weight is 278 g/mol. The zero-order valence-corrected chi connectivity index (χ0v) is 12.9. The molecule has 1 N–H and O–H groups in total. The van der Waals surface area contributed by atoms with Crippen LogP contribution in [0.2, 0.25) is 0 Å². The molecule has 1 atom stereocenters. The van der Waals surface area contributed by atoms with Gasteiger partial charge < -0.3 is 4.90 Å². The van der Waals surface area contributed by atoms with Crippen molar-refractivity contribution in [2.75, 3.05) is 13.1 Å². The van der Waals surface area contributed by atoms with Crippen molar-refractivity contribution in [2.24, 2.45) is 17.8 Å². The van der Waals surface area contributed by atoms with E-state index in [2.05, 4.69) is 17.1 Å². The fourth-order valence-electron chi connectivity index (χ4n) is 4.57. The summed E-state index contributed by atoms with van der Waals surface area (Å²) in [4.78, 5) is 14.4. The molecule has 0 bridgehead atoms. The van der Waals surface area contributed by atoms with Gasteiger partial charge in [0.15, 0.2) is 0 Å². The lowest BCUT2D eigenvalue weighted by atomic mass is 9.80. The normalized spacial score (nSPS) is 36.0. The standard InChI is InChI=1S/C17H30N2O/c1-2-13-7-9-14(10-8-13)12-19-16(20)11-18-17(19)15-5-3-4-6-15/h13-15,17-18H,2-12H2,1H3. The van der Waals surface area contributed by atoms with Crippen LogP contribution in [0.5, 0.6) is 0 Å². The lowest BCUT2D eigenvalue weighted by Gasteiger charge is -2.35. The van der Waals surface area contributed by atoms with Gasteiger partial charge in [0.1, 0.15) is 0 Å². The molecule has 3 nitrogen and oxygen atoms in total. The highest BCUT2D eigenvalue weighted by Crippen LogP contribution is 2.34. The summed E-state index contributed by atoms with van der Waals surface area (Å²) in [6.45, 7) is 3.91. The van der Waals surface area contributed by atoms with Crippen LogP contribution in [0.15, 0.2) is 0 Å². The van der Waals surface area contributed by atoms with Crippen LogP contribution in [0.4, 0.5) is 0 Å². The molecule has 0 radical (unpaired) electrons. The molecule has 2 aliphatic carbocycles. The van der Waals surface area contributed by atoms with Gasteiger partial charge in [-0.2, -0.15) is 0 Å². The van der Waals surface area contributed by atoms with Gasteiger partial charge in [0.05, 0.1) is 12.7 Å². The number of hydrogen-bond acceptors (Lipinski definition) is 2. The van der Waals surface area contributed by atoms with E-state index in [0.29, 0.717) is 24.5 Å². The van der Waals surface area contributed by atoms with Gasteiger partial charge >= 0.3 is 0 Å². The van der Waals surface area contributed by atoms with Gasteiger partial charge in [-0.25, -0.2) is 0 Å². The second kappa shape index (κ2) is 6.46. The summed E-state index contributed by atoms with van der Waals surface area (Å²) in [6, 6.07) is 0. The number of rotatable bonds is 4. The highest BCUT2D eigenvalue weighted by Gasteiger charge is 2.38. The van der Waals surface area contributed by atoms with Crippen LogP contribution in [0.1, 0.15) is 64.7 Å². The Morgan fingerprint density at radius 3 is 2.35 bits per heavy atom. The first-order valence-electron chi connectivity index (χ1n) is 8.80. The second-order valence-corrected chi connectivity index (χ2v) is 7.21. The Morgan fingerprint density at radius 1 is 1.05 bits per heavy atom. The summed E-state index contributed by atoms with van der Waals surface area (Å²) in [5, 5.41) is 3.48. The number of carbonyl (C=O) groups excluding carboxylic acids is 1. The van der Waals surface area contributed by atoms with E-state index in [9.17, 15) is 4.79 Å². The van der Waals surface area contributed by atoms with E-state index in [-0.39, 0.29) is 0 Å². The van der Waals surface area contributed by atoms with Crippen LogP contribution in [-0.2, 0) is 4.79 Å². The van der Waals surface area contributed by atoms with Crippen LogP contribution in [0, 0.1) is 17.8 Å². The van der Waals surface area contributed by atoms with Gasteiger partial charge in [-0.05, 0) is 43.4 Å². The van der Waals surface area contributed by atoms with Gasteiger partial charge in [0.25, 0.3) is 0 Å². The number of hydrogen-bond donors (Lipinski definition) is 1. The molecule has 2 saturated carbocycles. The molecule has 20 heavy (non-hydrogen) atoms. The zero-order valence-electron chi connectivity index (χ0n) is 12.9. The third kappa shape index (κ3) is 3.03. The summed E-state index contributed by atoms with van der Waals surface area (Å²) >= 11 is 0. The van der Waals surface area contributed by atoms with Crippen molar-refractivity contribution in [2.45, 2.75) is 70.9 Å². The van der Waals surface area contributed by atoms with E-state index in [1.165, 1.54) is 57.8 Å². The maximum Gasteiger partial charge on any atom is 0.237 e. The number of carbonyl (C=O) groups is 1. The molecular formula is C17H30N2O. The van der Waals surface area contributed by atoms with Crippen molar-refractivity contribution in [3.63, 3.8) is 0 Å². The van der Waals surface area contributed by atoms with E-state index in [0.717, 1.165) is 18.4 Å². The fourth-order valence-corrected chi connectivity index (χ4v) is 4.57. The molecule has 1 aliphatic heterocycles. The molecule has 1 unspecified atom stereocenters. The minimum absolute atomic E-state index is 0.347. The Hall–Kier alpha value is -0.570. The molecule has 3 aliphatic rings. The van der Waals surface area contributed by atoms with Gasteiger partial charge in [-0.3, -0.25) is 10.1 Å².